The number of pyridine rings is 1. The molecule has 1 unspecified atom stereocenters. The first-order valence-corrected chi connectivity index (χ1v) is 11.0. The molecule has 4 heterocycles. The quantitative estimate of drug-likeness (QED) is 0.352. The molecule has 160 valence electrons. The number of imidazole rings is 1. The molecule has 0 aliphatic rings. The molecule has 0 radical (unpaired) electrons. The Balaban J connectivity index is 1.58. The lowest BCUT2D eigenvalue weighted by Gasteiger charge is -2.14. The van der Waals surface area contributed by atoms with Crippen molar-refractivity contribution in [2.24, 2.45) is 0 Å². The van der Waals surface area contributed by atoms with Gasteiger partial charge in [-0.2, -0.15) is 5.10 Å². The van der Waals surface area contributed by atoms with Crippen LogP contribution in [0.15, 0.2) is 67.3 Å². The highest BCUT2D eigenvalue weighted by Crippen LogP contribution is 2.31. The number of H-pyrrole nitrogens is 1. The van der Waals surface area contributed by atoms with Crippen molar-refractivity contribution < 1.29 is 4.79 Å². The van der Waals surface area contributed by atoms with Crippen LogP contribution in [0.3, 0.4) is 0 Å². The minimum absolute atomic E-state index is 0.214. The minimum atomic E-state index is -0.312. The molecule has 1 amide bonds. The van der Waals surface area contributed by atoms with E-state index < -0.39 is 0 Å². The predicted octanol–water partition coefficient (Wildman–Crippen LogP) is 4.72. The van der Waals surface area contributed by atoms with Gasteiger partial charge in [0.25, 0.3) is 5.91 Å². The summed E-state index contributed by atoms with van der Waals surface area (Å²) in [6.45, 7) is 3.93. The number of para-hydroxylation sites is 1. The van der Waals surface area contributed by atoms with Gasteiger partial charge in [0.15, 0.2) is 5.65 Å². The molecule has 5 rings (SSSR count). The molecule has 0 spiro atoms. The minimum Gasteiger partial charge on any atom is -0.352 e. The van der Waals surface area contributed by atoms with Crippen LogP contribution in [0.1, 0.15) is 34.0 Å². The van der Waals surface area contributed by atoms with Crippen LogP contribution >= 0.6 is 11.3 Å². The molecule has 8 nitrogen and oxygen atoms in total. The van der Waals surface area contributed by atoms with Crippen molar-refractivity contribution in [3.05, 3.63) is 83.5 Å². The number of benzene rings is 1. The van der Waals surface area contributed by atoms with Crippen molar-refractivity contribution in [2.75, 3.05) is 5.32 Å². The summed E-state index contributed by atoms with van der Waals surface area (Å²) in [7, 11) is 0. The van der Waals surface area contributed by atoms with Crippen molar-refractivity contribution in [3.63, 3.8) is 0 Å². The lowest BCUT2D eigenvalue weighted by molar-refractivity contribution is 0.0938. The van der Waals surface area contributed by atoms with Gasteiger partial charge >= 0.3 is 0 Å². The summed E-state index contributed by atoms with van der Waals surface area (Å²) >= 11 is 1.69. The summed E-state index contributed by atoms with van der Waals surface area (Å²) in [6.07, 6.45) is 5.09. The monoisotopic (exact) mass is 443 g/mol. The molecule has 32 heavy (non-hydrogen) atoms. The number of nitrogens with one attached hydrogen (secondary N) is 3. The van der Waals surface area contributed by atoms with Gasteiger partial charge in [-0.3, -0.25) is 14.3 Å². The number of aryl methyl sites for hydroxylation is 1. The summed E-state index contributed by atoms with van der Waals surface area (Å²) in [5.74, 6) is 0.383. The van der Waals surface area contributed by atoms with Crippen LogP contribution in [-0.4, -0.2) is 30.5 Å². The number of thiophene rings is 1. The van der Waals surface area contributed by atoms with Gasteiger partial charge in [0.1, 0.15) is 12.2 Å². The van der Waals surface area contributed by atoms with Gasteiger partial charge < -0.3 is 10.6 Å². The van der Waals surface area contributed by atoms with Crippen molar-refractivity contribution >= 4 is 34.3 Å². The molecular weight excluding hydrogens is 422 g/mol. The zero-order chi connectivity index (χ0) is 22.1. The maximum absolute atomic E-state index is 13.1. The van der Waals surface area contributed by atoms with Gasteiger partial charge in [-0.15, -0.1) is 11.3 Å². The standard InChI is InChI=1S/C23H21N7OS/c1-14-8-9-20(32-14)19-11-24-22-18(28-17-6-4-3-5-7-17)10-16(12-30(19)22)23(31)27-15(2)21-25-13-26-29-21/h3-13,15,28H,1-2H3,(H,27,31)(H,25,26,29). The highest BCUT2D eigenvalue weighted by Gasteiger charge is 2.18. The SMILES string of the molecule is Cc1ccc(-c2cnc3c(Nc4ccccc4)cc(C(=O)NC(C)c4ncn[nH]4)cn23)s1. The third-order valence-corrected chi connectivity index (χ3v) is 6.13. The summed E-state index contributed by atoms with van der Waals surface area (Å²) in [5, 5.41) is 13.0. The van der Waals surface area contributed by atoms with Crippen LogP contribution < -0.4 is 10.6 Å². The number of nitrogens with zero attached hydrogens (tertiary/aromatic N) is 4. The number of amides is 1. The molecule has 9 heteroatoms. The fourth-order valence-corrected chi connectivity index (χ4v) is 4.38. The van der Waals surface area contributed by atoms with Crippen molar-refractivity contribution in [1.82, 2.24) is 29.9 Å². The topological polar surface area (TPSA) is 100 Å². The van der Waals surface area contributed by atoms with Gasteiger partial charge in [0, 0.05) is 16.8 Å². The normalized spacial score (nSPS) is 12.1. The smallest absolute Gasteiger partial charge is 0.253 e. The van der Waals surface area contributed by atoms with Crippen molar-refractivity contribution in [2.45, 2.75) is 19.9 Å². The zero-order valence-electron chi connectivity index (χ0n) is 17.5. The number of hydrogen-bond donors (Lipinski definition) is 3. The van der Waals surface area contributed by atoms with E-state index in [2.05, 4.69) is 49.9 Å². The molecular formula is C23H21N7OS. The molecule has 3 N–H and O–H groups in total. The van der Waals surface area contributed by atoms with E-state index >= 15 is 0 Å². The second-order valence-electron chi connectivity index (χ2n) is 7.45. The summed E-state index contributed by atoms with van der Waals surface area (Å²) in [5.41, 5.74) is 3.85. The van der Waals surface area contributed by atoms with E-state index in [1.165, 1.54) is 11.2 Å². The van der Waals surface area contributed by atoms with Crippen molar-refractivity contribution in [3.8, 4) is 10.6 Å². The first-order valence-electron chi connectivity index (χ1n) is 10.1. The van der Waals surface area contributed by atoms with Gasteiger partial charge in [-0.05, 0) is 44.2 Å². The highest BCUT2D eigenvalue weighted by atomic mass is 32.1. The van der Waals surface area contributed by atoms with Crippen LogP contribution in [-0.2, 0) is 0 Å². The van der Waals surface area contributed by atoms with E-state index in [-0.39, 0.29) is 11.9 Å². The average molecular weight is 444 g/mol. The van der Waals surface area contributed by atoms with E-state index in [0.717, 1.165) is 27.6 Å². The van der Waals surface area contributed by atoms with E-state index in [9.17, 15) is 4.79 Å². The molecule has 4 aromatic heterocycles. The van der Waals surface area contributed by atoms with Gasteiger partial charge in [-0.25, -0.2) is 9.97 Å². The predicted molar refractivity (Wildman–Crippen MR) is 125 cm³/mol. The molecule has 1 atom stereocenters. The van der Waals surface area contributed by atoms with E-state index in [0.29, 0.717) is 11.4 Å². The first-order chi connectivity index (χ1) is 15.6. The largest absolute Gasteiger partial charge is 0.352 e. The lowest BCUT2D eigenvalue weighted by Crippen LogP contribution is -2.27. The Morgan fingerprint density at radius 2 is 2.00 bits per heavy atom. The average Bonchev–Trinajstić information content (AvgIpc) is 3.55. The maximum atomic E-state index is 13.1. The van der Waals surface area contributed by atoms with Gasteiger partial charge in [0.05, 0.1) is 34.1 Å². The number of anilines is 2. The van der Waals surface area contributed by atoms with Crippen LogP contribution in [0.5, 0.6) is 0 Å². The number of aromatic nitrogens is 5. The van der Waals surface area contributed by atoms with Crippen molar-refractivity contribution in [1.29, 1.82) is 0 Å². The Morgan fingerprint density at radius 1 is 1.16 bits per heavy atom. The van der Waals surface area contributed by atoms with Crippen LogP contribution in [0.25, 0.3) is 16.2 Å². The number of rotatable bonds is 6. The summed E-state index contributed by atoms with van der Waals surface area (Å²) < 4.78 is 1.96. The highest BCUT2D eigenvalue weighted by molar-refractivity contribution is 7.15. The molecule has 0 saturated carbocycles. The molecule has 0 saturated heterocycles. The number of carbonyl (C=O) groups is 1. The molecule has 1 aromatic carbocycles. The molecule has 0 bridgehead atoms. The number of carbonyl (C=O) groups excluding carboxylic acids is 1. The zero-order valence-corrected chi connectivity index (χ0v) is 18.4. The number of aromatic amines is 1. The molecule has 5 aromatic rings. The van der Waals surface area contributed by atoms with Gasteiger partial charge in [-0.1, -0.05) is 18.2 Å². The molecule has 0 fully saturated rings. The summed E-state index contributed by atoms with van der Waals surface area (Å²) in [6, 6.07) is 15.5. The van der Waals surface area contributed by atoms with Gasteiger partial charge in [0.2, 0.25) is 0 Å². The fraction of sp³-hybridized carbons (Fsp3) is 0.130. The second-order valence-corrected chi connectivity index (χ2v) is 8.73. The van der Waals surface area contributed by atoms with E-state index in [4.69, 9.17) is 0 Å². The van der Waals surface area contributed by atoms with Crippen LogP contribution in [0.2, 0.25) is 0 Å². The van der Waals surface area contributed by atoms with E-state index in [1.807, 2.05) is 60.1 Å². The lowest BCUT2D eigenvalue weighted by atomic mass is 10.2. The first kappa shape index (κ1) is 20.0. The second kappa shape index (κ2) is 8.27. The number of fused-ring (bicyclic) bond motifs is 1. The Bertz CT molecular complexity index is 1370. The Kier molecular flexibility index (Phi) is 5.16. The number of hydrogen-bond acceptors (Lipinski definition) is 6. The van der Waals surface area contributed by atoms with E-state index in [1.54, 1.807) is 11.3 Å². The third kappa shape index (κ3) is 3.85. The Hall–Kier alpha value is -3.98. The van der Waals surface area contributed by atoms with Crippen LogP contribution in [0.4, 0.5) is 11.4 Å². The molecule has 0 aliphatic heterocycles. The summed E-state index contributed by atoms with van der Waals surface area (Å²) in [4.78, 5) is 24.2. The Labute approximate surface area is 188 Å². The fourth-order valence-electron chi connectivity index (χ4n) is 3.51. The maximum Gasteiger partial charge on any atom is 0.253 e. The Morgan fingerprint density at radius 3 is 2.72 bits per heavy atom. The third-order valence-electron chi connectivity index (χ3n) is 5.10. The van der Waals surface area contributed by atoms with Crippen LogP contribution in [0, 0.1) is 6.92 Å². The molecule has 0 aliphatic carbocycles.